The molecule has 0 aliphatic rings. The molecule has 0 aliphatic heterocycles. The van der Waals surface area contributed by atoms with Crippen molar-refractivity contribution in [3.05, 3.63) is 51.4 Å². The van der Waals surface area contributed by atoms with Crippen molar-refractivity contribution < 1.29 is 4.74 Å². The number of pyridine rings is 1. The van der Waals surface area contributed by atoms with Crippen molar-refractivity contribution in [2.75, 3.05) is 7.11 Å². The smallest absolute Gasteiger partial charge is 0.250 e. The van der Waals surface area contributed by atoms with Gasteiger partial charge in [0.05, 0.1) is 12.1 Å². The molecular weight excluding hydrogens is 238 g/mol. The average Bonchev–Trinajstić information content (AvgIpc) is 2.33. The molecule has 17 heavy (non-hydrogen) atoms. The first-order valence-corrected chi connectivity index (χ1v) is 5.53. The van der Waals surface area contributed by atoms with E-state index in [4.69, 9.17) is 16.3 Å². The third-order valence-electron chi connectivity index (χ3n) is 2.57. The van der Waals surface area contributed by atoms with Crippen molar-refractivity contribution in [2.24, 2.45) is 0 Å². The Hall–Kier alpha value is -1.74. The maximum Gasteiger partial charge on any atom is 0.250 e. The number of rotatable bonds is 2. The van der Waals surface area contributed by atoms with Crippen LogP contribution in [0.5, 0.6) is 5.75 Å². The molecule has 2 rings (SSSR count). The van der Waals surface area contributed by atoms with E-state index in [1.54, 1.807) is 26.3 Å². The van der Waals surface area contributed by atoms with E-state index in [0.717, 1.165) is 11.1 Å². The van der Waals surface area contributed by atoms with Gasteiger partial charge >= 0.3 is 0 Å². The molecule has 3 nitrogen and oxygen atoms in total. The number of ether oxygens (including phenoxy) is 1. The normalized spacial score (nSPS) is 10.3. The summed E-state index contributed by atoms with van der Waals surface area (Å²) in [6.07, 6.45) is 1.68. The summed E-state index contributed by atoms with van der Waals surface area (Å²) < 4.78 is 5.16. The van der Waals surface area contributed by atoms with Crippen LogP contribution >= 0.6 is 11.6 Å². The molecule has 0 saturated heterocycles. The molecule has 1 N–H and O–H groups in total. The van der Waals surface area contributed by atoms with Crippen molar-refractivity contribution in [3.8, 4) is 16.9 Å². The summed E-state index contributed by atoms with van der Waals surface area (Å²) in [6.45, 7) is 1.77. The fourth-order valence-corrected chi connectivity index (χ4v) is 1.80. The molecule has 1 aromatic carbocycles. The zero-order valence-corrected chi connectivity index (χ0v) is 10.3. The van der Waals surface area contributed by atoms with Gasteiger partial charge < -0.3 is 9.72 Å². The molecule has 0 fully saturated rings. The first-order valence-electron chi connectivity index (χ1n) is 5.15. The summed E-state index contributed by atoms with van der Waals surface area (Å²) in [5.74, 6) is 0.619. The van der Waals surface area contributed by atoms with E-state index in [2.05, 4.69) is 4.98 Å². The van der Waals surface area contributed by atoms with E-state index in [1.165, 1.54) is 0 Å². The van der Waals surface area contributed by atoms with E-state index < -0.39 is 0 Å². The minimum Gasteiger partial charge on any atom is -0.495 e. The van der Waals surface area contributed by atoms with E-state index in [0.29, 0.717) is 16.3 Å². The first kappa shape index (κ1) is 11.7. The topological polar surface area (TPSA) is 42.1 Å². The van der Waals surface area contributed by atoms with Gasteiger partial charge in [0, 0.05) is 11.8 Å². The molecule has 0 amide bonds. The van der Waals surface area contributed by atoms with Gasteiger partial charge in [-0.1, -0.05) is 17.7 Å². The third kappa shape index (κ3) is 2.34. The lowest BCUT2D eigenvalue weighted by Gasteiger charge is -2.07. The Kier molecular flexibility index (Phi) is 3.20. The van der Waals surface area contributed by atoms with E-state index >= 15 is 0 Å². The van der Waals surface area contributed by atoms with Gasteiger partial charge in [0.1, 0.15) is 5.75 Å². The van der Waals surface area contributed by atoms with Gasteiger partial charge in [-0.25, -0.2) is 0 Å². The highest BCUT2D eigenvalue weighted by molar-refractivity contribution is 6.32. The van der Waals surface area contributed by atoms with E-state index in [1.807, 2.05) is 18.2 Å². The van der Waals surface area contributed by atoms with Gasteiger partial charge in [0.25, 0.3) is 5.56 Å². The van der Waals surface area contributed by atoms with Crippen molar-refractivity contribution >= 4 is 11.6 Å². The summed E-state index contributed by atoms with van der Waals surface area (Å²) >= 11 is 5.96. The number of hydrogen-bond acceptors (Lipinski definition) is 2. The molecule has 88 valence electrons. The van der Waals surface area contributed by atoms with E-state index in [-0.39, 0.29) is 5.56 Å². The number of halogens is 1. The zero-order valence-electron chi connectivity index (χ0n) is 9.58. The Bertz CT molecular complexity index is 605. The lowest BCUT2D eigenvalue weighted by molar-refractivity contribution is 0.415. The van der Waals surface area contributed by atoms with Crippen LogP contribution in [0.25, 0.3) is 11.1 Å². The molecule has 1 heterocycles. The maximum absolute atomic E-state index is 11.3. The lowest BCUT2D eigenvalue weighted by atomic mass is 10.1. The fraction of sp³-hybridized carbons (Fsp3) is 0.154. The van der Waals surface area contributed by atoms with Gasteiger partial charge in [0.2, 0.25) is 0 Å². The van der Waals surface area contributed by atoms with Crippen LogP contribution in [0.15, 0.2) is 35.3 Å². The second kappa shape index (κ2) is 4.63. The van der Waals surface area contributed by atoms with Gasteiger partial charge in [-0.05, 0) is 36.2 Å². The second-order valence-electron chi connectivity index (χ2n) is 3.75. The standard InChI is InChI=1S/C13H12ClNO2/c1-8-5-10(7-15-13(8)16)9-3-4-11(14)12(6-9)17-2/h3-7H,1-2H3,(H,15,16). The monoisotopic (exact) mass is 249 g/mol. The zero-order chi connectivity index (χ0) is 12.4. The van der Waals surface area contributed by atoms with Crippen LogP contribution in [0.3, 0.4) is 0 Å². The number of aromatic nitrogens is 1. The number of H-pyrrole nitrogens is 1. The minimum atomic E-state index is -0.0744. The highest BCUT2D eigenvalue weighted by Gasteiger charge is 2.05. The Morgan fingerprint density at radius 2 is 2.00 bits per heavy atom. The quantitative estimate of drug-likeness (QED) is 0.889. The first-order chi connectivity index (χ1) is 8.11. The molecule has 0 bridgehead atoms. The molecule has 2 aromatic rings. The number of nitrogens with one attached hydrogen (secondary N) is 1. The predicted octanol–water partition coefficient (Wildman–Crippen LogP) is 3.01. The van der Waals surface area contributed by atoms with Crippen LogP contribution in [0, 0.1) is 6.92 Å². The summed E-state index contributed by atoms with van der Waals surface area (Å²) in [4.78, 5) is 14.0. The Morgan fingerprint density at radius 1 is 1.24 bits per heavy atom. The van der Waals surface area contributed by atoms with Crippen LogP contribution in [-0.2, 0) is 0 Å². The highest BCUT2D eigenvalue weighted by atomic mass is 35.5. The maximum atomic E-state index is 11.3. The number of benzene rings is 1. The summed E-state index contributed by atoms with van der Waals surface area (Å²) in [5.41, 5.74) is 2.48. The van der Waals surface area contributed by atoms with Gasteiger partial charge in [0.15, 0.2) is 0 Å². The number of aromatic amines is 1. The fourth-order valence-electron chi connectivity index (χ4n) is 1.60. The number of aryl methyl sites for hydroxylation is 1. The molecule has 0 aliphatic carbocycles. The second-order valence-corrected chi connectivity index (χ2v) is 4.16. The molecule has 1 aromatic heterocycles. The molecule has 0 saturated carbocycles. The summed E-state index contributed by atoms with van der Waals surface area (Å²) in [6, 6.07) is 7.34. The van der Waals surface area contributed by atoms with Crippen LogP contribution in [0.1, 0.15) is 5.56 Å². The number of hydrogen-bond donors (Lipinski definition) is 1. The summed E-state index contributed by atoms with van der Waals surface area (Å²) in [7, 11) is 1.57. The van der Waals surface area contributed by atoms with Crippen LogP contribution in [0.2, 0.25) is 5.02 Å². The Morgan fingerprint density at radius 3 is 2.65 bits per heavy atom. The van der Waals surface area contributed by atoms with Crippen molar-refractivity contribution in [3.63, 3.8) is 0 Å². The van der Waals surface area contributed by atoms with Crippen molar-refractivity contribution in [2.45, 2.75) is 6.92 Å². The van der Waals surface area contributed by atoms with Crippen molar-refractivity contribution in [1.82, 2.24) is 4.98 Å². The van der Waals surface area contributed by atoms with Gasteiger partial charge in [-0.15, -0.1) is 0 Å². The largest absolute Gasteiger partial charge is 0.495 e. The lowest BCUT2D eigenvalue weighted by Crippen LogP contribution is -2.07. The molecule has 0 radical (unpaired) electrons. The van der Waals surface area contributed by atoms with Crippen molar-refractivity contribution in [1.29, 1.82) is 0 Å². The molecule has 0 atom stereocenters. The van der Waals surface area contributed by atoms with Crippen LogP contribution in [-0.4, -0.2) is 12.1 Å². The minimum absolute atomic E-state index is 0.0744. The SMILES string of the molecule is COc1cc(-c2c[nH]c(=O)c(C)c2)ccc1Cl. The highest BCUT2D eigenvalue weighted by Crippen LogP contribution is 2.29. The molecular formula is C13H12ClNO2. The Balaban J connectivity index is 2.52. The average molecular weight is 250 g/mol. The molecule has 4 heteroatoms. The van der Waals surface area contributed by atoms with Crippen LogP contribution < -0.4 is 10.3 Å². The van der Waals surface area contributed by atoms with Gasteiger partial charge in [-0.3, -0.25) is 4.79 Å². The van der Waals surface area contributed by atoms with Gasteiger partial charge in [-0.2, -0.15) is 0 Å². The Labute approximate surface area is 104 Å². The number of methoxy groups -OCH3 is 1. The van der Waals surface area contributed by atoms with E-state index in [9.17, 15) is 4.79 Å². The molecule has 0 unspecified atom stereocenters. The molecule has 0 spiro atoms. The third-order valence-corrected chi connectivity index (χ3v) is 2.89. The van der Waals surface area contributed by atoms with Crippen LogP contribution in [0.4, 0.5) is 0 Å². The summed E-state index contributed by atoms with van der Waals surface area (Å²) in [5, 5.41) is 0.567. The predicted molar refractivity (Wildman–Crippen MR) is 68.8 cm³/mol.